The Hall–Kier alpha value is -3.17. The Kier molecular flexibility index (Phi) is 5.08. The first-order valence-corrected chi connectivity index (χ1v) is 10.3. The number of nitrogens with zero attached hydrogens (tertiary/aromatic N) is 3. The minimum absolute atomic E-state index is 0.0611. The van der Waals surface area contributed by atoms with Gasteiger partial charge in [-0.2, -0.15) is 5.26 Å². The Labute approximate surface area is 177 Å². The van der Waals surface area contributed by atoms with E-state index in [0.29, 0.717) is 12.0 Å². The van der Waals surface area contributed by atoms with Gasteiger partial charge in [-0.1, -0.05) is 12.1 Å². The predicted molar refractivity (Wildman–Crippen MR) is 122 cm³/mol. The molecule has 3 N–H and O–H groups in total. The first-order chi connectivity index (χ1) is 14.2. The topological polar surface area (TPSA) is 89.4 Å². The van der Waals surface area contributed by atoms with E-state index in [1.165, 1.54) is 6.08 Å². The molecule has 1 aliphatic rings. The second-order valence-corrected chi connectivity index (χ2v) is 9.38. The number of H-pyrrole nitrogens is 1. The van der Waals surface area contributed by atoms with Gasteiger partial charge in [-0.15, -0.1) is 0 Å². The van der Waals surface area contributed by atoms with Crippen LogP contribution in [0.25, 0.3) is 28.2 Å². The molecule has 0 bridgehead atoms. The van der Waals surface area contributed by atoms with E-state index in [1.54, 1.807) is 6.08 Å². The molecule has 0 saturated carbocycles. The molecule has 0 aliphatic carbocycles. The molecule has 30 heavy (non-hydrogen) atoms. The summed E-state index contributed by atoms with van der Waals surface area (Å²) in [6.45, 7) is 8.97. The van der Waals surface area contributed by atoms with Gasteiger partial charge in [0, 0.05) is 52.1 Å². The number of hydrogen-bond donors (Lipinski definition) is 3. The zero-order chi connectivity index (χ0) is 21.4. The minimum Gasteiger partial charge on any atom is -0.360 e. The maximum absolute atomic E-state index is 8.73. The fourth-order valence-electron chi connectivity index (χ4n) is 4.78. The molecule has 6 heteroatoms. The molecule has 0 atom stereocenters. The average Bonchev–Trinajstić information content (AvgIpc) is 3.07. The van der Waals surface area contributed by atoms with Crippen molar-refractivity contribution < 1.29 is 0 Å². The highest BCUT2D eigenvalue weighted by molar-refractivity contribution is 5.95. The maximum Gasteiger partial charge on any atom is 0.223 e. The van der Waals surface area contributed by atoms with Gasteiger partial charge in [0.1, 0.15) is 0 Å². The maximum atomic E-state index is 8.73. The third-order valence-electron chi connectivity index (χ3n) is 5.51. The second kappa shape index (κ2) is 7.58. The zero-order valence-corrected chi connectivity index (χ0v) is 18.0. The SMILES string of the molecule is CC1(C)CC(Nc2nccc(-c3c[nH]c4cc(/C=C/C#N)ccc34)n2)CC(C)(C)N1. The molecule has 0 radical (unpaired) electrons. The molecule has 2 aromatic heterocycles. The van der Waals surface area contributed by atoms with Crippen molar-refractivity contribution in [1.29, 1.82) is 5.26 Å². The van der Waals surface area contributed by atoms with Gasteiger partial charge in [0.05, 0.1) is 11.8 Å². The van der Waals surface area contributed by atoms with Crippen LogP contribution >= 0.6 is 0 Å². The lowest BCUT2D eigenvalue weighted by Crippen LogP contribution is -2.60. The van der Waals surface area contributed by atoms with Gasteiger partial charge >= 0.3 is 0 Å². The van der Waals surface area contributed by atoms with Crippen molar-refractivity contribution in [3.8, 4) is 17.3 Å². The fourth-order valence-corrected chi connectivity index (χ4v) is 4.78. The van der Waals surface area contributed by atoms with Crippen molar-refractivity contribution in [3.05, 3.63) is 48.3 Å². The predicted octanol–water partition coefficient (Wildman–Crippen LogP) is 4.88. The summed E-state index contributed by atoms with van der Waals surface area (Å²) in [5.41, 5.74) is 4.04. The molecule has 3 aromatic rings. The zero-order valence-electron chi connectivity index (χ0n) is 18.0. The molecule has 0 unspecified atom stereocenters. The lowest BCUT2D eigenvalue weighted by Gasteiger charge is -2.46. The minimum atomic E-state index is 0.0611. The van der Waals surface area contributed by atoms with Crippen LogP contribution in [0.5, 0.6) is 0 Å². The summed E-state index contributed by atoms with van der Waals surface area (Å²) in [5, 5.41) is 17.1. The number of aromatic nitrogens is 3. The van der Waals surface area contributed by atoms with Crippen LogP contribution in [-0.4, -0.2) is 32.1 Å². The molecule has 6 nitrogen and oxygen atoms in total. The normalized spacial score (nSPS) is 18.5. The van der Waals surface area contributed by atoms with E-state index >= 15 is 0 Å². The number of hydrogen-bond acceptors (Lipinski definition) is 5. The molecule has 1 aromatic carbocycles. The van der Waals surface area contributed by atoms with Crippen molar-refractivity contribution in [1.82, 2.24) is 20.3 Å². The van der Waals surface area contributed by atoms with Crippen molar-refractivity contribution >= 4 is 22.9 Å². The Morgan fingerprint density at radius 3 is 2.67 bits per heavy atom. The molecule has 1 aliphatic heterocycles. The highest BCUT2D eigenvalue weighted by atomic mass is 15.1. The van der Waals surface area contributed by atoms with Crippen LogP contribution in [0, 0.1) is 11.3 Å². The summed E-state index contributed by atoms with van der Waals surface area (Å²) in [7, 11) is 0. The van der Waals surface area contributed by atoms with Crippen LogP contribution in [0.2, 0.25) is 0 Å². The van der Waals surface area contributed by atoms with Crippen LogP contribution in [-0.2, 0) is 0 Å². The lowest BCUT2D eigenvalue weighted by molar-refractivity contribution is 0.170. The van der Waals surface area contributed by atoms with Crippen LogP contribution in [0.1, 0.15) is 46.1 Å². The Balaban J connectivity index is 1.59. The smallest absolute Gasteiger partial charge is 0.223 e. The Morgan fingerprint density at radius 1 is 1.17 bits per heavy atom. The van der Waals surface area contributed by atoms with E-state index in [9.17, 15) is 0 Å². The first-order valence-electron chi connectivity index (χ1n) is 10.3. The van der Waals surface area contributed by atoms with E-state index in [1.807, 2.05) is 36.7 Å². The summed E-state index contributed by atoms with van der Waals surface area (Å²) in [6, 6.07) is 10.4. The summed E-state index contributed by atoms with van der Waals surface area (Å²) in [4.78, 5) is 12.6. The van der Waals surface area contributed by atoms with Gasteiger partial charge in [-0.05, 0) is 64.3 Å². The fraction of sp³-hybridized carbons (Fsp3) is 0.375. The lowest BCUT2D eigenvalue weighted by atomic mass is 9.80. The molecule has 3 heterocycles. The highest BCUT2D eigenvalue weighted by Gasteiger charge is 2.37. The van der Waals surface area contributed by atoms with Gasteiger partial charge in [0.2, 0.25) is 5.95 Å². The molecular weight excluding hydrogens is 372 g/mol. The van der Waals surface area contributed by atoms with Crippen molar-refractivity contribution in [2.75, 3.05) is 5.32 Å². The van der Waals surface area contributed by atoms with Crippen LogP contribution in [0.15, 0.2) is 42.7 Å². The molecule has 0 amide bonds. The largest absolute Gasteiger partial charge is 0.360 e. The quantitative estimate of drug-likeness (QED) is 0.543. The molecule has 0 spiro atoms. The number of rotatable bonds is 4. The van der Waals surface area contributed by atoms with Crippen LogP contribution in [0.3, 0.4) is 0 Å². The van der Waals surface area contributed by atoms with Crippen molar-refractivity contribution in [3.63, 3.8) is 0 Å². The van der Waals surface area contributed by atoms with E-state index in [-0.39, 0.29) is 11.1 Å². The van der Waals surface area contributed by atoms with Gasteiger partial charge in [-0.25, -0.2) is 9.97 Å². The standard InChI is InChI=1S/C24H28N6/c1-23(2)13-17(14-24(3,4)30-23)28-22-26-11-9-20(29-22)19-15-27-21-12-16(6-5-10-25)7-8-18(19)21/h5-9,11-12,15,17,27,30H,13-14H2,1-4H3,(H,26,28,29)/b6-5+. The molecule has 154 valence electrons. The summed E-state index contributed by atoms with van der Waals surface area (Å²) in [5.74, 6) is 0.661. The summed E-state index contributed by atoms with van der Waals surface area (Å²) >= 11 is 0. The van der Waals surface area contributed by atoms with Crippen molar-refractivity contribution in [2.45, 2.75) is 57.7 Å². The molecule has 4 rings (SSSR count). The monoisotopic (exact) mass is 400 g/mol. The number of nitriles is 1. The first kappa shape index (κ1) is 20.1. The molecular formula is C24H28N6. The third kappa shape index (κ3) is 4.37. The van der Waals surface area contributed by atoms with E-state index in [4.69, 9.17) is 10.2 Å². The van der Waals surface area contributed by atoms with E-state index < -0.39 is 0 Å². The number of nitrogens with one attached hydrogen (secondary N) is 3. The van der Waals surface area contributed by atoms with Gasteiger partial charge in [0.25, 0.3) is 0 Å². The van der Waals surface area contributed by atoms with E-state index in [0.717, 1.165) is 40.6 Å². The summed E-state index contributed by atoms with van der Waals surface area (Å²) in [6.07, 6.45) is 9.09. The summed E-state index contributed by atoms with van der Waals surface area (Å²) < 4.78 is 0. The number of aromatic amines is 1. The number of benzene rings is 1. The van der Waals surface area contributed by atoms with Crippen LogP contribution < -0.4 is 10.6 Å². The number of piperidine rings is 1. The Morgan fingerprint density at radius 2 is 1.93 bits per heavy atom. The average molecular weight is 401 g/mol. The molecule has 1 fully saturated rings. The van der Waals surface area contributed by atoms with Gasteiger partial charge < -0.3 is 15.6 Å². The van der Waals surface area contributed by atoms with Crippen molar-refractivity contribution in [2.24, 2.45) is 0 Å². The third-order valence-corrected chi connectivity index (χ3v) is 5.51. The number of anilines is 1. The van der Waals surface area contributed by atoms with Gasteiger partial charge in [0.15, 0.2) is 0 Å². The van der Waals surface area contributed by atoms with Gasteiger partial charge in [-0.3, -0.25) is 0 Å². The van der Waals surface area contributed by atoms with Crippen LogP contribution in [0.4, 0.5) is 5.95 Å². The number of allylic oxidation sites excluding steroid dienone is 1. The molecule has 1 saturated heterocycles. The number of fused-ring (bicyclic) bond motifs is 1. The van der Waals surface area contributed by atoms with E-state index in [2.05, 4.69) is 54.4 Å². The Bertz CT molecular complexity index is 1120. The second-order valence-electron chi connectivity index (χ2n) is 9.38. The highest BCUT2D eigenvalue weighted by Crippen LogP contribution is 2.31.